The Bertz CT molecular complexity index is 942. The molecular weight excluding hydrogens is 446 g/mol. The number of sulfone groups is 1. The largest absolute Gasteiger partial charge is 0.393 e. The molecule has 0 bridgehead atoms. The van der Waals surface area contributed by atoms with Gasteiger partial charge in [0.25, 0.3) is 0 Å². The van der Waals surface area contributed by atoms with Crippen molar-refractivity contribution in [2.45, 2.75) is 29.9 Å². The van der Waals surface area contributed by atoms with Crippen molar-refractivity contribution in [3.05, 3.63) is 64.1 Å². The topological polar surface area (TPSA) is 69.4 Å². The van der Waals surface area contributed by atoms with E-state index in [-0.39, 0.29) is 22.4 Å². The maximum Gasteiger partial charge on any atom is 0.182 e. The Labute approximate surface area is 174 Å². The number of thiocarbonyl (C=S) groups is 1. The van der Waals surface area contributed by atoms with Crippen LogP contribution in [0.1, 0.15) is 24.0 Å². The molecule has 0 aromatic heterocycles. The second kappa shape index (κ2) is 7.62. The Morgan fingerprint density at radius 1 is 1.19 bits per heavy atom. The summed E-state index contributed by atoms with van der Waals surface area (Å²) in [5, 5.41) is -0.738. The van der Waals surface area contributed by atoms with Gasteiger partial charge in [0.05, 0.1) is 27.2 Å². The first-order valence-electron chi connectivity index (χ1n) is 8.69. The summed E-state index contributed by atoms with van der Waals surface area (Å²) >= 11 is 8.77. The molecule has 0 unspecified atom stereocenters. The lowest BCUT2D eigenvalue weighted by Crippen LogP contribution is -2.33. The third-order valence-electron chi connectivity index (χ3n) is 5.17. The molecule has 0 radical (unpaired) electrons. The molecule has 4 nitrogen and oxygen atoms in total. The highest BCUT2D eigenvalue weighted by atomic mass is 79.9. The number of aryl methyl sites for hydroxylation is 1. The zero-order valence-electron chi connectivity index (χ0n) is 15.2. The second-order valence-electron chi connectivity index (χ2n) is 6.85. The van der Waals surface area contributed by atoms with Crippen molar-refractivity contribution in [1.29, 1.82) is 0 Å². The number of ether oxygens (including phenoxy) is 1. The van der Waals surface area contributed by atoms with Crippen molar-refractivity contribution in [1.82, 2.24) is 0 Å². The van der Waals surface area contributed by atoms with Crippen molar-refractivity contribution in [3.63, 3.8) is 0 Å². The van der Waals surface area contributed by atoms with Crippen molar-refractivity contribution in [3.8, 4) is 0 Å². The molecule has 0 amide bonds. The summed E-state index contributed by atoms with van der Waals surface area (Å²) < 4.78 is 33.5. The molecule has 1 saturated carbocycles. The molecule has 0 heterocycles. The minimum absolute atomic E-state index is 0.185. The van der Waals surface area contributed by atoms with Gasteiger partial charge in [-0.3, -0.25) is 0 Å². The minimum Gasteiger partial charge on any atom is -0.393 e. The standard InChI is InChI=1S/C20H22BrNO3S2/c1-3-25-12-20(19(22)26)17(14-6-8-15(21)9-7-14)18(20)27(23,24)16-10-4-13(2)5-11-16/h4-11,17-18H,3,12H2,1-2H3,(H2,22,26)/t17-,18-,20-/m0/s1. The summed E-state index contributed by atoms with van der Waals surface area (Å²) in [5.74, 6) is -0.332. The Kier molecular flexibility index (Phi) is 5.77. The molecule has 0 spiro atoms. The van der Waals surface area contributed by atoms with E-state index >= 15 is 0 Å². The third kappa shape index (κ3) is 3.58. The van der Waals surface area contributed by atoms with E-state index in [0.717, 1.165) is 15.6 Å². The van der Waals surface area contributed by atoms with Crippen LogP contribution in [0.15, 0.2) is 57.9 Å². The number of benzene rings is 2. The van der Waals surface area contributed by atoms with Crippen LogP contribution in [0.3, 0.4) is 0 Å². The van der Waals surface area contributed by atoms with Crippen LogP contribution in [0.5, 0.6) is 0 Å². The first-order chi connectivity index (χ1) is 12.7. The highest BCUT2D eigenvalue weighted by Gasteiger charge is 2.73. The van der Waals surface area contributed by atoms with Gasteiger partial charge < -0.3 is 10.5 Å². The Hall–Kier alpha value is -1.28. The van der Waals surface area contributed by atoms with Crippen LogP contribution in [-0.2, 0) is 14.6 Å². The predicted octanol–water partition coefficient (Wildman–Crippen LogP) is 4.01. The van der Waals surface area contributed by atoms with Crippen molar-refractivity contribution >= 4 is 43.0 Å². The van der Waals surface area contributed by atoms with Crippen LogP contribution in [0.4, 0.5) is 0 Å². The average molecular weight is 468 g/mol. The quantitative estimate of drug-likeness (QED) is 0.622. The van der Waals surface area contributed by atoms with Crippen LogP contribution in [0, 0.1) is 12.3 Å². The lowest BCUT2D eigenvalue weighted by atomic mass is 10.00. The minimum atomic E-state index is -3.63. The van der Waals surface area contributed by atoms with Gasteiger partial charge in [-0.1, -0.05) is 58.0 Å². The number of hydrogen-bond donors (Lipinski definition) is 1. The number of halogens is 1. The fourth-order valence-corrected chi connectivity index (χ4v) is 6.72. The highest BCUT2D eigenvalue weighted by molar-refractivity contribution is 9.10. The summed E-state index contributed by atoms with van der Waals surface area (Å²) in [6.45, 7) is 4.45. The first kappa shape index (κ1) is 20.5. The van der Waals surface area contributed by atoms with E-state index in [4.69, 9.17) is 22.7 Å². The Balaban J connectivity index is 2.10. The molecule has 0 aliphatic heterocycles. The molecule has 144 valence electrons. The number of rotatable bonds is 7. The Morgan fingerprint density at radius 3 is 2.30 bits per heavy atom. The SMILES string of the molecule is CCOC[C@]1(C(N)=S)[C@@H](c2ccc(Br)cc2)[C@@H]1S(=O)(=O)c1ccc(C)cc1. The molecule has 3 rings (SSSR count). The van der Waals surface area contributed by atoms with Crippen LogP contribution in [0.25, 0.3) is 0 Å². The molecular formula is C20H22BrNO3S2. The monoisotopic (exact) mass is 467 g/mol. The summed E-state index contributed by atoms with van der Waals surface area (Å²) in [6.07, 6.45) is 0. The zero-order valence-corrected chi connectivity index (χ0v) is 18.4. The molecule has 1 aliphatic carbocycles. The number of nitrogens with two attached hydrogens (primary N) is 1. The van der Waals surface area contributed by atoms with E-state index in [9.17, 15) is 8.42 Å². The maximum atomic E-state index is 13.5. The van der Waals surface area contributed by atoms with E-state index < -0.39 is 20.5 Å². The van der Waals surface area contributed by atoms with Gasteiger partial charge in [0.2, 0.25) is 0 Å². The van der Waals surface area contributed by atoms with Gasteiger partial charge in [0.15, 0.2) is 9.84 Å². The summed E-state index contributed by atoms with van der Waals surface area (Å²) in [4.78, 5) is 0.472. The molecule has 0 saturated heterocycles. The fourth-order valence-electron chi connectivity index (χ4n) is 3.69. The zero-order chi connectivity index (χ0) is 19.8. The van der Waals surface area contributed by atoms with Gasteiger partial charge in [-0.15, -0.1) is 0 Å². The first-order valence-corrected chi connectivity index (χ1v) is 11.4. The second-order valence-corrected chi connectivity index (χ2v) is 10.3. The molecule has 2 N–H and O–H groups in total. The lowest BCUT2D eigenvalue weighted by Gasteiger charge is -2.17. The average Bonchev–Trinajstić information content (AvgIpc) is 3.32. The van der Waals surface area contributed by atoms with Gasteiger partial charge in [-0.05, 0) is 43.7 Å². The fraction of sp³-hybridized carbons (Fsp3) is 0.350. The molecule has 7 heteroatoms. The van der Waals surface area contributed by atoms with Crippen molar-refractivity contribution in [2.24, 2.45) is 11.1 Å². The summed E-state index contributed by atoms with van der Waals surface area (Å²) in [7, 11) is -3.63. The summed E-state index contributed by atoms with van der Waals surface area (Å²) in [5.41, 5.74) is 7.10. The Morgan fingerprint density at radius 2 is 1.78 bits per heavy atom. The van der Waals surface area contributed by atoms with Gasteiger partial charge in [0, 0.05) is 17.0 Å². The predicted molar refractivity (Wildman–Crippen MR) is 115 cm³/mol. The number of hydrogen-bond acceptors (Lipinski definition) is 4. The highest BCUT2D eigenvalue weighted by Crippen LogP contribution is 2.64. The van der Waals surface area contributed by atoms with E-state index in [1.165, 1.54) is 0 Å². The van der Waals surface area contributed by atoms with Gasteiger partial charge in [-0.25, -0.2) is 8.42 Å². The van der Waals surface area contributed by atoms with Gasteiger partial charge in [-0.2, -0.15) is 0 Å². The van der Waals surface area contributed by atoms with E-state index in [0.29, 0.717) is 6.61 Å². The van der Waals surface area contributed by atoms with Crippen LogP contribution >= 0.6 is 28.1 Å². The third-order valence-corrected chi connectivity index (χ3v) is 8.37. The molecule has 2 aromatic rings. The van der Waals surface area contributed by atoms with E-state index in [1.807, 2.05) is 38.1 Å². The summed E-state index contributed by atoms with van der Waals surface area (Å²) in [6, 6.07) is 14.5. The van der Waals surface area contributed by atoms with Crippen LogP contribution < -0.4 is 5.73 Å². The normalized spacial score (nSPS) is 24.6. The van der Waals surface area contributed by atoms with Gasteiger partial charge in [0.1, 0.15) is 0 Å². The molecule has 3 atom stereocenters. The van der Waals surface area contributed by atoms with Crippen LogP contribution in [0.2, 0.25) is 0 Å². The maximum absolute atomic E-state index is 13.5. The molecule has 2 aromatic carbocycles. The van der Waals surface area contributed by atoms with E-state index in [2.05, 4.69) is 15.9 Å². The molecule has 1 fully saturated rings. The smallest absolute Gasteiger partial charge is 0.182 e. The van der Waals surface area contributed by atoms with Gasteiger partial charge >= 0.3 is 0 Å². The molecule has 1 aliphatic rings. The van der Waals surface area contributed by atoms with Crippen molar-refractivity contribution < 1.29 is 13.2 Å². The van der Waals surface area contributed by atoms with Crippen molar-refractivity contribution in [2.75, 3.05) is 13.2 Å². The van der Waals surface area contributed by atoms with Crippen LogP contribution in [-0.4, -0.2) is 31.9 Å². The lowest BCUT2D eigenvalue weighted by molar-refractivity contribution is 0.121. The van der Waals surface area contributed by atoms with E-state index in [1.54, 1.807) is 24.3 Å². The molecule has 27 heavy (non-hydrogen) atoms.